The molecule has 0 radical (unpaired) electrons. The van der Waals surface area contributed by atoms with Crippen molar-refractivity contribution in [1.82, 2.24) is 14.9 Å². The third kappa shape index (κ3) is 3.98. The first-order valence-electron chi connectivity index (χ1n) is 11.1. The number of aromatic nitrogens is 2. The molecule has 0 aliphatic carbocycles. The van der Waals surface area contributed by atoms with E-state index >= 15 is 0 Å². The number of nitrogens with one attached hydrogen (secondary N) is 1. The summed E-state index contributed by atoms with van der Waals surface area (Å²) in [7, 11) is 1.43. The first-order chi connectivity index (χ1) is 16.4. The van der Waals surface area contributed by atoms with Crippen LogP contribution in [-0.4, -0.2) is 64.3 Å². The molecule has 34 heavy (non-hydrogen) atoms. The lowest BCUT2D eigenvalue weighted by molar-refractivity contribution is 0.0746. The zero-order chi connectivity index (χ0) is 23.8. The van der Waals surface area contributed by atoms with Gasteiger partial charge in [-0.3, -0.25) is 4.79 Å². The number of aromatic amines is 1. The molecule has 0 spiro atoms. The molecule has 1 aliphatic heterocycles. The van der Waals surface area contributed by atoms with Gasteiger partial charge < -0.3 is 29.7 Å². The highest BCUT2D eigenvalue weighted by Crippen LogP contribution is 2.39. The Balaban J connectivity index is 1.33. The minimum atomic E-state index is -0.301. The Labute approximate surface area is 197 Å². The lowest BCUT2D eigenvalue weighted by atomic mass is 10.1. The summed E-state index contributed by atoms with van der Waals surface area (Å²) in [5, 5.41) is 19.9. The van der Waals surface area contributed by atoms with Crippen molar-refractivity contribution in [3.8, 4) is 28.6 Å². The largest absolute Gasteiger partial charge is 0.504 e. The first kappa shape index (κ1) is 21.6. The van der Waals surface area contributed by atoms with Crippen molar-refractivity contribution in [2.45, 2.75) is 6.92 Å². The van der Waals surface area contributed by atoms with E-state index in [4.69, 9.17) is 4.74 Å². The van der Waals surface area contributed by atoms with Crippen LogP contribution in [0.5, 0.6) is 17.2 Å². The van der Waals surface area contributed by atoms with Gasteiger partial charge in [0.05, 0.1) is 18.1 Å². The molecule has 0 unspecified atom stereocenters. The van der Waals surface area contributed by atoms with Gasteiger partial charge in [0.25, 0.3) is 5.91 Å². The lowest BCUT2D eigenvalue weighted by Gasteiger charge is -2.36. The zero-order valence-electron chi connectivity index (χ0n) is 19.1. The minimum Gasteiger partial charge on any atom is -0.504 e. The molecule has 2 heterocycles. The summed E-state index contributed by atoms with van der Waals surface area (Å²) in [6.07, 6.45) is 0. The van der Waals surface area contributed by atoms with Crippen LogP contribution in [0.3, 0.4) is 0 Å². The number of piperazine rings is 1. The molecule has 3 N–H and O–H groups in total. The van der Waals surface area contributed by atoms with Crippen LogP contribution >= 0.6 is 0 Å². The van der Waals surface area contributed by atoms with Crippen molar-refractivity contribution in [2.24, 2.45) is 0 Å². The predicted octanol–water partition coefficient (Wildman–Crippen LogP) is 3.92. The quantitative estimate of drug-likeness (QED) is 0.401. The molecule has 0 atom stereocenters. The number of anilines is 1. The van der Waals surface area contributed by atoms with E-state index in [2.05, 4.69) is 14.9 Å². The molecule has 0 bridgehead atoms. The number of phenols is 2. The second-order valence-electron chi connectivity index (χ2n) is 8.48. The van der Waals surface area contributed by atoms with E-state index in [9.17, 15) is 15.0 Å². The molecule has 8 nitrogen and oxygen atoms in total. The third-order valence-corrected chi connectivity index (χ3v) is 6.21. The molecule has 4 aromatic rings. The third-order valence-electron chi connectivity index (χ3n) is 6.21. The number of imidazole rings is 1. The Morgan fingerprint density at radius 1 is 1.03 bits per heavy atom. The smallest absolute Gasteiger partial charge is 0.253 e. The predicted molar refractivity (Wildman–Crippen MR) is 131 cm³/mol. The van der Waals surface area contributed by atoms with E-state index in [-0.39, 0.29) is 23.2 Å². The van der Waals surface area contributed by atoms with Crippen LogP contribution in [0, 0.1) is 6.92 Å². The first-order valence-corrected chi connectivity index (χ1v) is 11.1. The number of carbonyl (C=O) groups excluding carboxylic acids is 1. The number of hydrogen-bond donors (Lipinski definition) is 3. The summed E-state index contributed by atoms with van der Waals surface area (Å²) in [6.45, 7) is 4.80. The van der Waals surface area contributed by atoms with Gasteiger partial charge in [-0.1, -0.05) is 17.7 Å². The van der Waals surface area contributed by atoms with E-state index in [1.807, 2.05) is 54.3 Å². The average Bonchev–Trinajstić information content (AvgIpc) is 3.29. The summed E-state index contributed by atoms with van der Waals surface area (Å²) >= 11 is 0. The standard InChI is InChI=1S/C26H26N4O4/c1-16-4-3-5-17(12-16)26(33)30-10-8-29(9-11-30)19-6-7-20-21(15-19)28-25(27-20)18-13-22(31)24(32)23(14-18)34-2/h3-7,12-15,31-32H,8-11H2,1-2H3,(H,27,28). The highest BCUT2D eigenvalue weighted by atomic mass is 16.5. The number of hydrogen-bond acceptors (Lipinski definition) is 6. The van der Waals surface area contributed by atoms with Crippen LogP contribution in [0.15, 0.2) is 54.6 Å². The van der Waals surface area contributed by atoms with Gasteiger partial charge in [0.2, 0.25) is 5.75 Å². The molecule has 1 aromatic heterocycles. The van der Waals surface area contributed by atoms with E-state index in [1.54, 1.807) is 6.07 Å². The number of phenolic OH excluding ortho intramolecular Hbond substituents is 2. The summed E-state index contributed by atoms with van der Waals surface area (Å²) in [4.78, 5) is 24.9. The fourth-order valence-electron chi connectivity index (χ4n) is 4.34. The number of aromatic hydroxyl groups is 2. The number of H-pyrrole nitrogens is 1. The SMILES string of the molecule is COc1cc(-c2nc3ccc(N4CCN(C(=O)c5cccc(C)c5)CC4)cc3[nH]2)cc(O)c1O. The Bertz CT molecular complexity index is 1370. The monoisotopic (exact) mass is 458 g/mol. The number of aryl methyl sites for hydroxylation is 1. The molecule has 0 saturated carbocycles. The Morgan fingerprint density at radius 3 is 2.56 bits per heavy atom. The molecule has 1 fully saturated rings. The second-order valence-corrected chi connectivity index (χ2v) is 8.48. The molecule has 8 heteroatoms. The van der Waals surface area contributed by atoms with Gasteiger partial charge in [-0.2, -0.15) is 0 Å². The summed E-state index contributed by atoms with van der Waals surface area (Å²) < 4.78 is 5.13. The topological polar surface area (TPSA) is 102 Å². The maximum absolute atomic E-state index is 12.8. The van der Waals surface area contributed by atoms with Gasteiger partial charge >= 0.3 is 0 Å². The summed E-state index contributed by atoms with van der Waals surface area (Å²) in [6, 6.07) is 16.8. The van der Waals surface area contributed by atoms with Gasteiger partial charge in [-0.25, -0.2) is 4.98 Å². The van der Waals surface area contributed by atoms with E-state index in [0.29, 0.717) is 24.5 Å². The molecule has 5 rings (SSSR count). The lowest BCUT2D eigenvalue weighted by Crippen LogP contribution is -2.48. The summed E-state index contributed by atoms with van der Waals surface area (Å²) in [5.74, 6) is 0.242. The normalized spacial score (nSPS) is 13.9. The van der Waals surface area contributed by atoms with Crippen molar-refractivity contribution >= 4 is 22.6 Å². The fraction of sp³-hybridized carbons (Fsp3) is 0.231. The number of methoxy groups -OCH3 is 1. The van der Waals surface area contributed by atoms with Crippen LogP contribution in [0.4, 0.5) is 5.69 Å². The van der Waals surface area contributed by atoms with Gasteiger partial charge in [0.15, 0.2) is 11.5 Å². The summed E-state index contributed by atoms with van der Waals surface area (Å²) in [5.41, 5.74) is 5.12. The van der Waals surface area contributed by atoms with Crippen molar-refractivity contribution in [2.75, 3.05) is 38.2 Å². The van der Waals surface area contributed by atoms with E-state index in [1.165, 1.54) is 13.2 Å². The Kier molecular flexibility index (Phi) is 5.49. The number of benzene rings is 3. The van der Waals surface area contributed by atoms with Crippen LogP contribution < -0.4 is 9.64 Å². The number of amides is 1. The van der Waals surface area contributed by atoms with Crippen LogP contribution in [-0.2, 0) is 0 Å². The molecular formula is C26H26N4O4. The molecule has 3 aromatic carbocycles. The van der Waals surface area contributed by atoms with Crippen molar-refractivity contribution in [3.05, 3.63) is 65.7 Å². The molecule has 1 aliphatic rings. The van der Waals surface area contributed by atoms with Gasteiger partial charge in [-0.05, 0) is 49.4 Å². The van der Waals surface area contributed by atoms with Gasteiger partial charge in [-0.15, -0.1) is 0 Å². The second kappa shape index (κ2) is 8.62. The maximum atomic E-state index is 12.8. The van der Waals surface area contributed by atoms with Crippen molar-refractivity contribution in [1.29, 1.82) is 0 Å². The number of rotatable bonds is 4. The number of fused-ring (bicyclic) bond motifs is 1. The molecular weight excluding hydrogens is 432 g/mol. The number of carbonyl (C=O) groups is 1. The van der Waals surface area contributed by atoms with E-state index in [0.717, 1.165) is 40.9 Å². The zero-order valence-corrected chi connectivity index (χ0v) is 19.1. The number of ether oxygens (including phenoxy) is 1. The molecule has 1 saturated heterocycles. The van der Waals surface area contributed by atoms with Crippen LogP contribution in [0.2, 0.25) is 0 Å². The average molecular weight is 459 g/mol. The van der Waals surface area contributed by atoms with Crippen LogP contribution in [0.25, 0.3) is 22.4 Å². The number of nitrogens with zero attached hydrogens (tertiary/aromatic N) is 3. The van der Waals surface area contributed by atoms with Crippen molar-refractivity contribution < 1.29 is 19.7 Å². The fourth-order valence-corrected chi connectivity index (χ4v) is 4.34. The van der Waals surface area contributed by atoms with Gasteiger partial charge in [0.1, 0.15) is 5.82 Å². The molecule has 1 amide bonds. The van der Waals surface area contributed by atoms with Gasteiger partial charge in [0, 0.05) is 43.0 Å². The molecule has 174 valence electrons. The Morgan fingerprint density at radius 2 is 1.82 bits per heavy atom. The highest BCUT2D eigenvalue weighted by Gasteiger charge is 2.23. The van der Waals surface area contributed by atoms with E-state index < -0.39 is 0 Å². The maximum Gasteiger partial charge on any atom is 0.253 e. The van der Waals surface area contributed by atoms with Crippen LogP contribution in [0.1, 0.15) is 15.9 Å². The Hall–Kier alpha value is -4.20. The minimum absolute atomic E-state index is 0.0737. The highest BCUT2D eigenvalue weighted by molar-refractivity contribution is 5.94. The van der Waals surface area contributed by atoms with Crippen molar-refractivity contribution in [3.63, 3.8) is 0 Å².